The van der Waals surface area contributed by atoms with E-state index in [-0.39, 0.29) is 11.2 Å². The van der Waals surface area contributed by atoms with Gasteiger partial charge in [0.05, 0.1) is 10.8 Å². The number of fused-ring (bicyclic) bond motifs is 1. The van der Waals surface area contributed by atoms with E-state index >= 15 is 0 Å². The third-order valence-corrected chi connectivity index (χ3v) is 4.66. The maximum absolute atomic E-state index is 11.4. The molecule has 0 atom stereocenters. The van der Waals surface area contributed by atoms with Crippen molar-refractivity contribution in [2.75, 3.05) is 17.3 Å². The monoisotopic (exact) mass is 454 g/mol. The molecule has 1 heterocycles. The highest BCUT2D eigenvalue weighted by Gasteiger charge is 2.09. The summed E-state index contributed by atoms with van der Waals surface area (Å²) in [5, 5.41) is 3.93. The van der Waals surface area contributed by atoms with Crippen molar-refractivity contribution in [1.82, 2.24) is 4.98 Å². The number of alkyl halides is 1. The van der Waals surface area contributed by atoms with Gasteiger partial charge in [-0.15, -0.1) is 0 Å². The molecular formula is C23H23BrN2O3. The maximum Gasteiger partial charge on any atom is 0.235 e. The Labute approximate surface area is 178 Å². The molecule has 2 aromatic carbocycles. The molecule has 150 valence electrons. The second-order valence-electron chi connectivity index (χ2n) is 6.45. The number of pyridine rings is 1. The lowest BCUT2D eigenvalue weighted by Crippen LogP contribution is -2.11. The molecule has 1 N–H and O–H groups in total. The van der Waals surface area contributed by atoms with Crippen molar-refractivity contribution in [3.05, 3.63) is 66.9 Å². The van der Waals surface area contributed by atoms with Crippen LogP contribution in [0.25, 0.3) is 10.9 Å². The minimum atomic E-state index is -0.102. The number of rotatable bonds is 9. The first-order valence-corrected chi connectivity index (χ1v) is 10.6. The second kappa shape index (κ2) is 10.1. The van der Waals surface area contributed by atoms with Gasteiger partial charge in [-0.1, -0.05) is 41.9 Å². The second-order valence-corrected chi connectivity index (χ2v) is 7.01. The molecule has 1 amide bonds. The Bertz CT molecular complexity index is 1000. The van der Waals surface area contributed by atoms with E-state index in [4.69, 9.17) is 14.5 Å². The summed E-state index contributed by atoms with van der Waals surface area (Å²) in [4.78, 5) is 16.2. The molecule has 0 saturated carbocycles. The third-order valence-electron chi connectivity index (χ3n) is 4.15. The predicted molar refractivity (Wildman–Crippen MR) is 120 cm³/mol. The van der Waals surface area contributed by atoms with Crippen LogP contribution in [0.2, 0.25) is 0 Å². The lowest BCUT2D eigenvalue weighted by atomic mass is 10.1. The molecular weight excluding hydrogens is 432 g/mol. The number of amides is 1. The molecule has 3 rings (SSSR count). The Hall–Kier alpha value is -2.86. The fourth-order valence-electron chi connectivity index (χ4n) is 2.88. The molecule has 0 spiro atoms. The van der Waals surface area contributed by atoms with E-state index in [0.29, 0.717) is 23.8 Å². The molecule has 0 aliphatic rings. The number of anilines is 1. The zero-order chi connectivity index (χ0) is 20.6. The number of aryl methyl sites for hydroxylation is 1. The first-order valence-electron chi connectivity index (χ1n) is 9.44. The minimum absolute atomic E-state index is 0.102. The first kappa shape index (κ1) is 20.9. The van der Waals surface area contributed by atoms with E-state index in [1.54, 1.807) is 18.2 Å². The summed E-state index contributed by atoms with van der Waals surface area (Å²) in [5.41, 5.74) is 2.59. The van der Waals surface area contributed by atoms with Crippen molar-refractivity contribution < 1.29 is 14.3 Å². The van der Waals surface area contributed by atoms with Gasteiger partial charge >= 0.3 is 0 Å². The number of nitrogens with one attached hydrogen (secondary N) is 1. The molecule has 1 aromatic heterocycles. The molecule has 0 fully saturated rings. The van der Waals surface area contributed by atoms with Crippen molar-refractivity contribution in [2.24, 2.45) is 0 Å². The van der Waals surface area contributed by atoms with Gasteiger partial charge in [0.25, 0.3) is 0 Å². The fraction of sp³-hybridized carbons (Fsp3) is 0.217. The molecule has 0 bridgehead atoms. The highest BCUT2D eigenvalue weighted by Crippen LogP contribution is 2.32. The van der Waals surface area contributed by atoms with Crippen molar-refractivity contribution in [3.63, 3.8) is 0 Å². The average Bonchev–Trinajstić information content (AvgIpc) is 2.73. The van der Waals surface area contributed by atoms with E-state index in [9.17, 15) is 4.79 Å². The van der Waals surface area contributed by atoms with E-state index in [1.165, 1.54) is 0 Å². The van der Waals surface area contributed by atoms with Crippen LogP contribution in [0.1, 0.15) is 19.0 Å². The number of hydrogen-bond donors (Lipinski definition) is 1. The SMILES string of the molecule is C=CCOc1cc(CCC)nc2ccc(Oc3ccc(NC(=O)CBr)cc3)cc12. The van der Waals surface area contributed by atoms with E-state index in [1.807, 2.05) is 36.4 Å². The van der Waals surface area contributed by atoms with Gasteiger partial charge in [0.2, 0.25) is 5.91 Å². The first-order chi connectivity index (χ1) is 14.1. The summed E-state index contributed by atoms with van der Waals surface area (Å²) in [5.74, 6) is 2.03. The summed E-state index contributed by atoms with van der Waals surface area (Å²) in [7, 11) is 0. The van der Waals surface area contributed by atoms with Gasteiger partial charge in [0, 0.05) is 22.8 Å². The van der Waals surface area contributed by atoms with Crippen LogP contribution < -0.4 is 14.8 Å². The van der Waals surface area contributed by atoms with Crippen molar-refractivity contribution in [3.8, 4) is 17.2 Å². The van der Waals surface area contributed by atoms with Gasteiger partial charge in [0.15, 0.2) is 0 Å². The topological polar surface area (TPSA) is 60.5 Å². The van der Waals surface area contributed by atoms with Gasteiger partial charge in [-0.25, -0.2) is 0 Å². The Morgan fingerprint density at radius 3 is 2.62 bits per heavy atom. The number of ether oxygens (including phenoxy) is 2. The highest BCUT2D eigenvalue weighted by atomic mass is 79.9. The number of halogens is 1. The summed E-state index contributed by atoms with van der Waals surface area (Å²) in [6.45, 7) is 6.28. The zero-order valence-electron chi connectivity index (χ0n) is 16.3. The Morgan fingerprint density at radius 2 is 1.93 bits per heavy atom. The van der Waals surface area contributed by atoms with Crippen LogP contribution in [0.5, 0.6) is 17.2 Å². The van der Waals surface area contributed by atoms with Gasteiger partial charge in [-0.2, -0.15) is 0 Å². The number of aromatic nitrogens is 1. The van der Waals surface area contributed by atoms with Crippen LogP contribution in [0, 0.1) is 0 Å². The van der Waals surface area contributed by atoms with Crippen LogP contribution in [-0.2, 0) is 11.2 Å². The van der Waals surface area contributed by atoms with Gasteiger partial charge in [-0.05, 0) is 48.9 Å². The molecule has 29 heavy (non-hydrogen) atoms. The highest BCUT2D eigenvalue weighted by molar-refractivity contribution is 9.09. The number of benzene rings is 2. The molecule has 0 unspecified atom stereocenters. The molecule has 3 aromatic rings. The fourth-order valence-corrected chi connectivity index (χ4v) is 3.02. The van der Waals surface area contributed by atoms with E-state index in [0.717, 1.165) is 35.2 Å². The molecule has 0 aliphatic carbocycles. The van der Waals surface area contributed by atoms with Crippen molar-refractivity contribution >= 4 is 38.4 Å². The molecule has 0 saturated heterocycles. The van der Waals surface area contributed by atoms with Gasteiger partial charge in [-0.3, -0.25) is 9.78 Å². The molecule has 5 nitrogen and oxygen atoms in total. The summed E-state index contributed by atoms with van der Waals surface area (Å²) in [6.07, 6.45) is 3.64. The largest absolute Gasteiger partial charge is 0.489 e. The lowest BCUT2D eigenvalue weighted by Gasteiger charge is -2.12. The third kappa shape index (κ3) is 5.57. The van der Waals surface area contributed by atoms with Crippen molar-refractivity contribution in [1.29, 1.82) is 0 Å². The summed E-state index contributed by atoms with van der Waals surface area (Å²) in [6, 6.07) is 15.0. The smallest absolute Gasteiger partial charge is 0.235 e. The molecule has 0 aliphatic heterocycles. The average molecular weight is 455 g/mol. The standard InChI is InChI=1S/C23H23BrN2O3/c1-3-5-17-13-22(28-12-4-2)20-14-19(10-11-21(20)25-17)29-18-8-6-16(7-9-18)26-23(27)15-24/h4,6-11,13-14H,2-3,5,12,15H2,1H3,(H,26,27). The zero-order valence-corrected chi connectivity index (χ0v) is 17.9. The Kier molecular flexibility index (Phi) is 7.25. The lowest BCUT2D eigenvalue weighted by molar-refractivity contribution is -0.113. The number of hydrogen-bond acceptors (Lipinski definition) is 4. The Morgan fingerprint density at radius 1 is 1.17 bits per heavy atom. The maximum atomic E-state index is 11.4. The van der Waals surface area contributed by atoms with Crippen LogP contribution >= 0.6 is 15.9 Å². The normalized spacial score (nSPS) is 10.6. The number of carbonyl (C=O) groups excluding carboxylic acids is 1. The quantitative estimate of drug-likeness (QED) is 0.324. The Balaban J connectivity index is 1.85. The van der Waals surface area contributed by atoms with Crippen LogP contribution in [-0.4, -0.2) is 22.8 Å². The minimum Gasteiger partial charge on any atom is -0.489 e. The van der Waals surface area contributed by atoms with Crippen LogP contribution in [0.15, 0.2) is 61.2 Å². The molecule has 6 heteroatoms. The van der Waals surface area contributed by atoms with Gasteiger partial charge < -0.3 is 14.8 Å². The van der Waals surface area contributed by atoms with Crippen LogP contribution in [0.4, 0.5) is 5.69 Å². The van der Waals surface area contributed by atoms with E-state index < -0.39 is 0 Å². The number of nitrogens with zero attached hydrogens (tertiary/aromatic N) is 1. The van der Waals surface area contributed by atoms with E-state index in [2.05, 4.69) is 34.7 Å². The summed E-state index contributed by atoms with van der Waals surface area (Å²) >= 11 is 3.13. The number of carbonyl (C=O) groups is 1. The predicted octanol–water partition coefficient (Wildman–Crippen LogP) is 5.88. The summed E-state index contributed by atoms with van der Waals surface area (Å²) < 4.78 is 11.9. The van der Waals surface area contributed by atoms with Crippen molar-refractivity contribution in [2.45, 2.75) is 19.8 Å². The molecule has 0 radical (unpaired) electrons. The van der Waals surface area contributed by atoms with Crippen LogP contribution in [0.3, 0.4) is 0 Å². The van der Waals surface area contributed by atoms with Gasteiger partial charge in [0.1, 0.15) is 23.9 Å².